The summed E-state index contributed by atoms with van der Waals surface area (Å²) in [5.74, 6) is -1.15. The molecule has 2 amide bonds. The first-order valence-electron chi connectivity index (χ1n) is 9.77. The van der Waals surface area contributed by atoms with Gasteiger partial charge in [0.05, 0.1) is 23.9 Å². The third-order valence-corrected chi connectivity index (χ3v) is 5.83. The quantitative estimate of drug-likeness (QED) is 0.405. The normalized spacial score (nSPS) is 11.4. The molecule has 0 aliphatic rings. The molecule has 0 saturated heterocycles. The predicted octanol–water partition coefficient (Wildman–Crippen LogP) is 4.62. The maximum atomic E-state index is 12.9. The van der Waals surface area contributed by atoms with Gasteiger partial charge >= 0.3 is 5.97 Å². The molecule has 3 N–H and O–H groups in total. The Morgan fingerprint density at radius 3 is 2.55 bits per heavy atom. The minimum atomic E-state index is -1.14. The molecule has 3 aromatic rings. The van der Waals surface area contributed by atoms with Crippen LogP contribution in [0.1, 0.15) is 38.6 Å². The molecule has 0 bridgehead atoms. The largest absolute Gasteiger partial charge is 0.496 e. The fourth-order valence-corrected chi connectivity index (χ4v) is 4.03. The zero-order valence-electron chi connectivity index (χ0n) is 17.8. The monoisotopic (exact) mass is 488 g/mol. The Hall–Kier alpha value is -3.56. The molecule has 172 valence electrons. The number of methoxy groups -OCH3 is 1. The molecule has 0 saturated carbocycles. The molecule has 0 spiro atoms. The van der Waals surface area contributed by atoms with Crippen molar-refractivity contribution < 1.29 is 29.0 Å². The van der Waals surface area contributed by atoms with Crippen LogP contribution in [-0.4, -0.2) is 36.6 Å². The van der Waals surface area contributed by atoms with Crippen molar-refractivity contribution >= 4 is 46.4 Å². The van der Waals surface area contributed by atoms with Crippen LogP contribution in [0.15, 0.2) is 53.9 Å². The molecule has 0 radical (unpaired) electrons. The SMILES string of the molecule is COc1ccccc1C(C)NC(=O)c1sccc1NC(=O)c1ccc(OCC(=O)O)c(Cl)c1. The van der Waals surface area contributed by atoms with Crippen LogP contribution in [0.5, 0.6) is 11.5 Å². The molecule has 1 heterocycles. The van der Waals surface area contributed by atoms with Gasteiger partial charge in [-0.3, -0.25) is 9.59 Å². The molecule has 1 atom stereocenters. The first-order chi connectivity index (χ1) is 15.8. The standard InChI is InChI=1S/C23H21ClN2O6S/c1-13(15-5-3-4-6-18(15)31-2)25-23(30)21-17(9-10-33-21)26-22(29)14-7-8-19(16(24)11-14)32-12-20(27)28/h3-11,13H,12H2,1-2H3,(H,25,30)(H,26,29)(H,27,28). The number of rotatable bonds is 9. The second-order valence-electron chi connectivity index (χ2n) is 6.88. The molecule has 1 unspecified atom stereocenters. The van der Waals surface area contributed by atoms with Crippen LogP contribution >= 0.6 is 22.9 Å². The fraction of sp³-hybridized carbons (Fsp3) is 0.174. The highest BCUT2D eigenvalue weighted by Crippen LogP contribution is 2.29. The number of ether oxygens (including phenoxy) is 2. The number of carboxylic acid groups (broad SMARTS) is 1. The van der Waals surface area contributed by atoms with E-state index in [-0.39, 0.29) is 28.3 Å². The number of carbonyl (C=O) groups excluding carboxylic acids is 2. The Morgan fingerprint density at radius 2 is 1.85 bits per heavy atom. The lowest BCUT2D eigenvalue weighted by Crippen LogP contribution is -2.27. The van der Waals surface area contributed by atoms with Crippen LogP contribution in [0.4, 0.5) is 5.69 Å². The maximum Gasteiger partial charge on any atom is 0.341 e. The van der Waals surface area contributed by atoms with Gasteiger partial charge in [0.25, 0.3) is 11.8 Å². The molecule has 0 fully saturated rings. The summed E-state index contributed by atoms with van der Waals surface area (Å²) in [4.78, 5) is 36.5. The van der Waals surface area contributed by atoms with Gasteiger partial charge in [-0.25, -0.2) is 4.79 Å². The third-order valence-electron chi connectivity index (χ3n) is 4.62. The second-order valence-corrected chi connectivity index (χ2v) is 8.21. The third kappa shape index (κ3) is 6.03. The average Bonchev–Trinajstić information content (AvgIpc) is 3.26. The zero-order valence-corrected chi connectivity index (χ0v) is 19.3. The van der Waals surface area contributed by atoms with Gasteiger partial charge < -0.3 is 25.2 Å². The van der Waals surface area contributed by atoms with E-state index in [0.29, 0.717) is 16.3 Å². The minimum Gasteiger partial charge on any atom is -0.496 e. The summed E-state index contributed by atoms with van der Waals surface area (Å²) < 4.78 is 10.4. The van der Waals surface area contributed by atoms with Crippen molar-refractivity contribution in [2.24, 2.45) is 0 Å². The van der Waals surface area contributed by atoms with Gasteiger partial charge in [-0.05, 0) is 42.6 Å². The Bertz CT molecular complexity index is 1180. The summed E-state index contributed by atoms with van der Waals surface area (Å²) in [5.41, 5.74) is 1.41. The number of anilines is 1. The molecule has 3 rings (SSSR count). The first kappa shape index (κ1) is 24.1. The number of thiophene rings is 1. The Kier molecular flexibility index (Phi) is 7.92. The van der Waals surface area contributed by atoms with E-state index < -0.39 is 18.5 Å². The highest BCUT2D eigenvalue weighted by molar-refractivity contribution is 7.12. The molecular formula is C23H21ClN2O6S. The van der Waals surface area contributed by atoms with Crippen LogP contribution in [0.25, 0.3) is 0 Å². The Morgan fingerprint density at radius 1 is 1.09 bits per heavy atom. The lowest BCUT2D eigenvalue weighted by atomic mass is 10.1. The first-order valence-corrected chi connectivity index (χ1v) is 11.0. The zero-order chi connectivity index (χ0) is 24.0. The molecule has 1 aromatic heterocycles. The number of para-hydroxylation sites is 1. The summed E-state index contributed by atoms with van der Waals surface area (Å²) >= 11 is 7.29. The smallest absolute Gasteiger partial charge is 0.341 e. The van der Waals surface area contributed by atoms with Crippen molar-refractivity contribution in [1.82, 2.24) is 5.32 Å². The number of hydrogen-bond acceptors (Lipinski definition) is 6. The number of halogens is 1. The fourth-order valence-electron chi connectivity index (χ4n) is 3.04. The van der Waals surface area contributed by atoms with Gasteiger partial charge in [0.15, 0.2) is 6.61 Å². The summed E-state index contributed by atoms with van der Waals surface area (Å²) in [6.07, 6.45) is 0. The summed E-state index contributed by atoms with van der Waals surface area (Å²) in [6.45, 7) is 1.30. The summed E-state index contributed by atoms with van der Waals surface area (Å²) in [6, 6.07) is 12.9. The number of carbonyl (C=O) groups is 3. The summed E-state index contributed by atoms with van der Waals surface area (Å²) in [7, 11) is 1.57. The lowest BCUT2D eigenvalue weighted by Gasteiger charge is -2.17. The number of aliphatic carboxylic acids is 1. The van der Waals surface area contributed by atoms with Gasteiger partial charge in [-0.15, -0.1) is 11.3 Å². The van der Waals surface area contributed by atoms with Crippen LogP contribution in [0.3, 0.4) is 0 Å². The van der Waals surface area contributed by atoms with Gasteiger partial charge in [-0.1, -0.05) is 29.8 Å². The number of hydrogen-bond donors (Lipinski definition) is 3. The van der Waals surface area contributed by atoms with E-state index in [1.165, 1.54) is 29.5 Å². The van der Waals surface area contributed by atoms with E-state index in [2.05, 4.69) is 10.6 Å². The van der Waals surface area contributed by atoms with Crippen LogP contribution < -0.4 is 20.1 Å². The molecule has 33 heavy (non-hydrogen) atoms. The van der Waals surface area contributed by atoms with Gasteiger partial charge in [0, 0.05) is 11.1 Å². The lowest BCUT2D eigenvalue weighted by molar-refractivity contribution is -0.139. The van der Waals surface area contributed by atoms with Crippen LogP contribution in [0, 0.1) is 0 Å². The minimum absolute atomic E-state index is 0.0952. The highest BCUT2D eigenvalue weighted by atomic mass is 35.5. The molecule has 8 nitrogen and oxygen atoms in total. The van der Waals surface area contributed by atoms with Crippen molar-refractivity contribution in [1.29, 1.82) is 0 Å². The molecule has 10 heteroatoms. The van der Waals surface area contributed by atoms with Crippen LogP contribution in [0.2, 0.25) is 5.02 Å². The number of carboxylic acids is 1. The number of amides is 2. The van der Waals surface area contributed by atoms with Crippen molar-refractivity contribution in [3.05, 3.63) is 74.9 Å². The van der Waals surface area contributed by atoms with E-state index in [1.807, 2.05) is 31.2 Å². The van der Waals surface area contributed by atoms with Gasteiger partial charge in [0.1, 0.15) is 16.4 Å². The Balaban J connectivity index is 1.70. The van der Waals surface area contributed by atoms with E-state index in [0.717, 1.165) is 5.56 Å². The van der Waals surface area contributed by atoms with Gasteiger partial charge in [-0.2, -0.15) is 0 Å². The maximum absolute atomic E-state index is 12.9. The van der Waals surface area contributed by atoms with E-state index in [1.54, 1.807) is 18.6 Å². The molecule has 0 aliphatic heterocycles. The summed E-state index contributed by atoms with van der Waals surface area (Å²) in [5, 5.41) is 16.1. The van der Waals surface area contributed by atoms with E-state index >= 15 is 0 Å². The Labute approximate surface area is 199 Å². The molecule has 2 aromatic carbocycles. The highest BCUT2D eigenvalue weighted by Gasteiger charge is 2.20. The van der Waals surface area contributed by atoms with Crippen molar-refractivity contribution in [3.63, 3.8) is 0 Å². The molecular weight excluding hydrogens is 468 g/mol. The van der Waals surface area contributed by atoms with E-state index in [9.17, 15) is 14.4 Å². The predicted molar refractivity (Wildman–Crippen MR) is 126 cm³/mol. The van der Waals surface area contributed by atoms with Crippen molar-refractivity contribution in [2.75, 3.05) is 19.0 Å². The number of benzene rings is 2. The van der Waals surface area contributed by atoms with Crippen LogP contribution in [-0.2, 0) is 4.79 Å². The van der Waals surface area contributed by atoms with E-state index in [4.69, 9.17) is 26.2 Å². The number of nitrogens with one attached hydrogen (secondary N) is 2. The topological polar surface area (TPSA) is 114 Å². The second kappa shape index (κ2) is 10.8. The molecule has 0 aliphatic carbocycles. The van der Waals surface area contributed by atoms with Gasteiger partial charge in [0.2, 0.25) is 0 Å². The average molecular weight is 489 g/mol. The van der Waals surface area contributed by atoms with Crippen molar-refractivity contribution in [2.45, 2.75) is 13.0 Å². The van der Waals surface area contributed by atoms with Crippen molar-refractivity contribution in [3.8, 4) is 11.5 Å².